The van der Waals surface area contributed by atoms with Crippen LogP contribution in [0.2, 0.25) is 5.02 Å². The standard InChI is InChI=1S/C12H13ClF3N3O5S/c1-11(22,12(14,15)16)10(21)18-8-3-2-6(4-7(8)13)25(23,24)19-9(20)5-17/h2-4,22H,5,17H2,1H3,(H,18,21)(H,19,20)/t11-/m1/s1. The average Bonchev–Trinajstić information content (AvgIpc) is 2.47. The summed E-state index contributed by atoms with van der Waals surface area (Å²) >= 11 is 5.73. The number of anilines is 1. The van der Waals surface area contributed by atoms with Gasteiger partial charge in [-0.3, -0.25) is 9.59 Å². The fraction of sp³-hybridized carbons (Fsp3) is 0.333. The van der Waals surface area contributed by atoms with Crippen LogP contribution in [0.1, 0.15) is 6.92 Å². The zero-order valence-electron chi connectivity index (χ0n) is 12.5. The van der Waals surface area contributed by atoms with Gasteiger partial charge < -0.3 is 16.2 Å². The maximum atomic E-state index is 12.6. The fourth-order valence-electron chi connectivity index (χ4n) is 1.39. The second-order valence-electron chi connectivity index (χ2n) is 4.90. The SMILES string of the molecule is C[C@@](O)(C(=O)Nc1ccc(S(=O)(=O)NC(=O)CN)cc1Cl)C(F)(F)F. The minimum Gasteiger partial charge on any atom is -0.373 e. The predicted octanol–water partition coefficient (Wildman–Crippen LogP) is 0.355. The summed E-state index contributed by atoms with van der Waals surface area (Å²) in [5.41, 5.74) is 0.917. The molecule has 13 heteroatoms. The zero-order chi connectivity index (χ0) is 19.6. The molecule has 0 heterocycles. The molecule has 25 heavy (non-hydrogen) atoms. The molecule has 8 nitrogen and oxygen atoms in total. The van der Waals surface area contributed by atoms with Crippen molar-refractivity contribution in [3.63, 3.8) is 0 Å². The van der Waals surface area contributed by atoms with E-state index in [9.17, 15) is 36.3 Å². The lowest BCUT2D eigenvalue weighted by Gasteiger charge is -2.25. The number of benzene rings is 1. The highest BCUT2D eigenvalue weighted by molar-refractivity contribution is 7.90. The van der Waals surface area contributed by atoms with E-state index < -0.39 is 50.1 Å². The molecular weight excluding hydrogens is 391 g/mol. The Morgan fingerprint density at radius 1 is 1.32 bits per heavy atom. The number of hydrogen-bond donors (Lipinski definition) is 4. The molecule has 0 aliphatic rings. The van der Waals surface area contributed by atoms with E-state index in [1.807, 2.05) is 0 Å². The molecule has 1 atom stereocenters. The molecule has 0 fully saturated rings. The number of amides is 2. The lowest BCUT2D eigenvalue weighted by molar-refractivity contribution is -0.242. The molecule has 0 spiro atoms. The number of nitrogens with one attached hydrogen (secondary N) is 2. The molecule has 140 valence electrons. The molecule has 0 radical (unpaired) electrons. The Morgan fingerprint density at radius 2 is 1.88 bits per heavy atom. The van der Waals surface area contributed by atoms with Crippen LogP contribution < -0.4 is 15.8 Å². The van der Waals surface area contributed by atoms with Crippen molar-refractivity contribution in [3.8, 4) is 0 Å². The average molecular weight is 404 g/mol. The van der Waals surface area contributed by atoms with Crippen molar-refractivity contribution in [2.24, 2.45) is 5.73 Å². The second kappa shape index (κ2) is 7.15. The third kappa shape index (κ3) is 4.81. The highest BCUT2D eigenvalue weighted by atomic mass is 35.5. The summed E-state index contributed by atoms with van der Waals surface area (Å²) in [6.45, 7) is -0.342. The van der Waals surface area contributed by atoms with Gasteiger partial charge in [-0.05, 0) is 25.1 Å². The van der Waals surface area contributed by atoms with Crippen molar-refractivity contribution in [2.45, 2.75) is 23.6 Å². The Morgan fingerprint density at radius 3 is 2.32 bits per heavy atom. The molecule has 5 N–H and O–H groups in total. The van der Waals surface area contributed by atoms with Crippen LogP contribution in [0.25, 0.3) is 0 Å². The van der Waals surface area contributed by atoms with Gasteiger partial charge in [0.15, 0.2) is 0 Å². The molecule has 0 saturated carbocycles. The van der Waals surface area contributed by atoms with Crippen LogP contribution in [-0.4, -0.2) is 43.7 Å². The Labute approximate surface area is 145 Å². The summed E-state index contributed by atoms with van der Waals surface area (Å²) in [6.07, 6.45) is -5.24. The molecule has 1 rings (SSSR count). The van der Waals surface area contributed by atoms with Crippen molar-refractivity contribution < 1.29 is 36.3 Å². The molecule has 0 bridgehead atoms. The fourth-order valence-corrected chi connectivity index (χ4v) is 2.70. The summed E-state index contributed by atoms with van der Waals surface area (Å²) in [7, 11) is -4.30. The predicted molar refractivity (Wildman–Crippen MR) is 81.1 cm³/mol. The lowest BCUT2D eigenvalue weighted by atomic mass is 10.1. The van der Waals surface area contributed by atoms with Gasteiger partial charge in [0.2, 0.25) is 11.5 Å². The first kappa shape index (κ1) is 21.2. The van der Waals surface area contributed by atoms with E-state index in [0.717, 1.165) is 18.2 Å². The first-order chi connectivity index (χ1) is 11.2. The number of nitrogens with two attached hydrogens (primary N) is 1. The van der Waals surface area contributed by atoms with Crippen LogP contribution in [0.5, 0.6) is 0 Å². The Hall–Kier alpha value is -1.89. The molecule has 0 saturated heterocycles. The van der Waals surface area contributed by atoms with E-state index in [4.69, 9.17) is 17.3 Å². The molecule has 2 amide bonds. The molecule has 0 aromatic heterocycles. The van der Waals surface area contributed by atoms with E-state index in [1.54, 1.807) is 10.0 Å². The van der Waals surface area contributed by atoms with E-state index in [1.165, 1.54) is 0 Å². The Kier molecular flexibility index (Phi) is 6.05. The molecule has 0 unspecified atom stereocenters. The van der Waals surface area contributed by atoms with E-state index in [-0.39, 0.29) is 12.6 Å². The third-order valence-electron chi connectivity index (χ3n) is 2.93. The van der Waals surface area contributed by atoms with E-state index in [2.05, 4.69) is 0 Å². The topological polar surface area (TPSA) is 139 Å². The largest absolute Gasteiger partial charge is 0.426 e. The molecular formula is C12H13ClF3N3O5S. The first-order valence-corrected chi connectivity index (χ1v) is 8.24. The zero-order valence-corrected chi connectivity index (χ0v) is 14.1. The number of hydrogen-bond acceptors (Lipinski definition) is 6. The van der Waals surface area contributed by atoms with Gasteiger partial charge in [-0.1, -0.05) is 11.6 Å². The van der Waals surface area contributed by atoms with Crippen LogP contribution in [0.15, 0.2) is 23.1 Å². The van der Waals surface area contributed by atoms with Gasteiger partial charge in [0, 0.05) is 0 Å². The minimum atomic E-state index is -5.24. The number of rotatable bonds is 5. The molecule has 1 aromatic carbocycles. The Balaban J connectivity index is 3.08. The number of aliphatic hydroxyl groups is 1. The lowest BCUT2D eigenvalue weighted by Crippen LogP contribution is -2.52. The number of sulfonamides is 1. The first-order valence-electron chi connectivity index (χ1n) is 6.38. The highest BCUT2D eigenvalue weighted by Gasteiger charge is 2.55. The minimum absolute atomic E-state index is 0.247. The van der Waals surface area contributed by atoms with Gasteiger partial charge in [0.05, 0.1) is 22.2 Å². The van der Waals surface area contributed by atoms with Gasteiger partial charge in [0.25, 0.3) is 15.9 Å². The van der Waals surface area contributed by atoms with Crippen LogP contribution in [-0.2, 0) is 19.6 Å². The highest BCUT2D eigenvalue weighted by Crippen LogP contribution is 2.32. The third-order valence-corrected chi connectivity index (χ3v) is 4.61. The van der Waals surface area contributed by atoms with Gasteiger partial charge >= 0.3 is 6.18 Å². The summed E-state index contributed by atoms with van der Waals surface area (Å²) in [6, 6.07) is 2.58. The monoisotopic (exact) mass is 403 g/mol. The number of carbonyl (C=O) groups excluding carboxylic acids is 2. The van der Waals surface area contributed by atoms with Crippen molar-refractivity contribution >= 4 is 39.1 Å². The van der Waals surface area contributed by atoms with Gasteiger partial charge in [-0.25, -0.2) is 13.1 Å². The quantitative estimate of drug-likeness (QED) is 0.559. The van der Waals surface area contributed by atoms with E-state index in [0.29, 0.717) is 0 Å². The number of carbonyl (C=O) groups is 2. The number of alkyl halides is 3. The van der Waals surface area contributed by atoms with Crippen LogP contribution >= 0.6 is 11.6 Å². The van der Waals surface area contributed by atoms with Crippen molar-refractivity contribution in [1.29, 1.82) is 0 Å². The van der Waals surface area contributed by atoms with Crippen molar-refractivity contribution in [3.05, 3.63) is 23.2 Å². The second-order valence-corrected chi connectivity index (χ2v) is 6.99. The van der Waals surface area contributed by atoms with Crippen molar-refractivity contribution in [1.82, 2.24) is 4.72 Å². The number of halogens is 4. The van der Waals surface area contributed by atoms with E-state index >= 15 is 0 Å². The van der Waals surface area contributed by atoms with Gasteiger partial charge in [-0.15, -0.1) is 0 Å². The smallest absolute Gasteiger partial charge is 0.373 e. The van der Waals surface area contributed by atoms with Crippen molar-refractivity contribution in [2.75, 3.05) is 11.9 Å². The van der Waals surface area contributed by atoms with Crippen LogP contribution in [0.3, 0.4) is 0 Å². The van der Waals surface area contributed by atoms with Crippen LogP contribution in [0.4, 0.5) is 18.9 Å². The molecule has 1 aromatic rings. The maximum Gasteiger partial charge on any atom is 0.426 e. The summed E-state index contributed by atoms with van der Waals surface area (Å²) < 4.78 is 63.1. The van der Waals surface area contributed by atoms with Gasteiger partial charge in [0.1, 0.15) is 0 Å². The summed E-state index contributed by atoms with van der Waals surface area (Å²) in [4.78, 5) is 22.1. The van der Waals surface area contributed by atoms with Gasteiger partial charge in [-0.2, -0.15) is 13.2 Å². The summed E-state index contributed by atoms with van der Waals surface area (Å²) in [5.74, 6) is -2.80. The normalized spacial score (nSPS) is 14.5. The molecule has 0 aliphatic heterocycles. The molecule has 0 aliphatic carbocycles. The summed E-state index contributed by atoms with van der Waals surface area (Å²) in [5, 5.41) is 10.6. The Bertz CT molecular complexity index is 796. The van der Waals surface area contributed by atoms with Crippen LogP contribution in [0, 0.1) is 0 Å². The maximum absolute atomic E-state index is 12.6.